The van der Waals surface area contributed by atoms with E-state index in [1.54, 1.807) is 18.3 Å². The van der Waals surface area contributed by atoms with Crippen LogP contribution in [0.5, 0.6) is 5.75 Å². The van der Waals surface area contributed by atoms with Crippen molar-refractivity contribution >= 4 is 21.8 Å². The van der Waals surface area contributed by atoms with E-state index in [2.05, 4.69) is 40.3 Å². The van der Waals surface area contributed by atoms with Gasteiger partial charge in [0.2, 0.25) is 0 Å². The molecule has 0 atom stereocenters. The van der Waals surface area contributed by atoms with Crippen LogP contribution in [0.4, 0.5) is 0 Å². The van der Waals surface area contributed by atoms with Gasteiger partial charge in [-0.25, -0.2) is 4.98 Å². The third-order valence-electron chi connectivity index (χ3n) is 4.28. The van der Waals surface area contributed by atoms with Gasteiger partial charge in [0.05, 0.1) is 11.2 Å². The summed E-state index contributed by atoms with van der Waals surface area (Å²) in [6.07, 6.45) is 1.67. The Hall–Kier alpha value is -3.72. The molecule has 0 bridgehead atoms. The van der Waals surface area contributed by atoms with Gasteiger partial charge in [-0.2, -0.15) is 0 Å². The molecular weight excluding hydrogens is 332 g/mol. The van der Waals surface area contributed by atoms with Crippen LogP contribution < -0.4 is 0 Å². The Kier molecular flexibility index (Phi) is 4.75. The fourth-order valence-corrected chi connectivity index (χ4v) is 2.92. The van der Waals surface area contributed by atoms with Crippen LogP contribution in [0.2, 0.25) is 0 Å². The maximum atomic E-state index is 9.31. The van der Waals surface area contributed by atoms with E-state index in [-0.39, 0.29) is 5.75 Å². The van der Waals surface area contributed by atoms with Crippen molar-refractivity contribution in [2.75, 3.05) is 0 Å². The van der Waals surface area contributed by atoms with Gasteiger partial charge < -0.3 is 5.11 Å². The van der Waals surface area contributed by atoms with Crippen LogP contribution in [0.15, 0.2) is 103 Å². The van der Waals surface area contributed by atoms with Crippen molar-refractivity contribution < 1.29 is 5.11 Å². The van der Waals surface area contributed by atoms with Gasteiger partial charge >= 0.3 is 0 Å². The maximum Gasteiger partial charge on any atom is 0.141 e. The lowest BCUT2D eigenvalue weighted by atomic mass is 10.1. The van der Waals surface area contributed by atoms with Crippen LogP contribution in [0.1, 0.15) is 0 Å². The van der Waals surface area contributed by atoms with Gasteiger partial charge in [-0.05, 0) is 24.3 Å². The molecule has 3 aromatic carbocycles. The van der Waals surface area contributed by atoms with Gasteiger partial charge in [-0.15, -0.1) is 0 Å². The summed E-state index contributed by atoms with van der Waals surface area (Å²) >= 11 is 0. The topological polar surface area (TPSA) is 46.0 Å². The summed E-state index contributed by atoms with van der Waals surface area (Å²) in [6, 6.07) is 31.7. The van der Waals surface area contributed by atoms with Crippen LogP contribution in [0, 0.1) is 0 Å². The Bertz CT molecular complexity index is 1180. The van der Waals surface area contributed by atoms with Crippen molar-refractivity contribution in [2.24, 2.45) is 0 Å². The molecule has 3 heteroatoms. The fraction of sp³-hybridized carbons (Fsp3) is 0. The van der Waals surface area contributed by atoms with Crippen LogP contribution in [-0.4, -0.2) is 15.1 Å². The molecule has 0 aliphatic heterocycles. The minimum absolute atomic E-state index is 0.239. The summed E-state index contributed by atoms with van der Waals surface area (Å²) in [5, 5.41) is 11.5. The Labute approximate surface area is 157 Å². The number of para-hydroxylation sites is 2. The SMILES string of the molecule is Oc1cccc2cccnc12.c1ccc(-c2ccc3ccccc3n2)cc1. The summed E-state index contributed by atoms with van der Waals surface area (Å²) in [7, 11) is 0. The fourth-order valence-electron chi connectivity index (χ4n) is 2.92. The van der Waals surface area contributed by atoms with E-state index in [9.17, 15) is 5.11 Å². The molecule has 3 nitrogen and oxygen atoms in total. The van der Waals surface area contributed by atoms with Gasteiger partial charge in [-0.3, -0.25) is 4.98 Å². The molecule has 0 fully saturated rings. The Morgan fingerprint density at radius 1 is 0.593 bits per heavy atom. The summed E-state index contributed by atoms with van der Waals surface area (Å²) in [5.74, 6) is 0.239. The standard InChI is InChI=1S/C15H11N.C9H7NO/c1-2-6-12(7-3-1)15-11-10-13-8-4-5-9-14(13)16-15;11-8-5-1-3-7-4-2-6-10-9(7)8/h1-11H;1-6,11H. The highest BCUT2D eigenvalue weighted by Gasteiger charge is 1.99. The normalized spacial score (nSPS) is 10.4. The molecule has 1 N–H and O–H groups in total. The van der Waals surface area contributed by atoms with Gasteiger partial charge in [0.15, 0.2) is 0 Å². The average Bonchev–Trinajstić information content (AvgIpc) is 2.75. The summed E-state index contributed by atoms with van der Waals surface area (Å²) in [6.45, 7) is 0. The molecule has 0 aliphatic carbocycles. The van der Waals surface area contributed by atoms with Crippen molar-refractivity contribution in [2.45, 2.75) is 0 Å². The molecule has 130 valence electrons. The first-order valence-electron chi connectivity index (χ1n) is 8.75. The average molecular weight is 350 g/mol. The third-order valence-corrected chi connectivity index (χ3v) is 4.28. The van der Waals surface area contributed by atoms with Crippen molar-refractivity contribution in [1.82, 2.24) is 9.97 Å². The largest absolute Gasteiger partial charge is 0.506 e. The number of pyridine rings is 2. The molecule has 0 spiro atoms. The van der Waals surface area contributed by atoms with Gasteiger partial charge in [-0.1, -0.05) is 72.8 Å². The Morgan fingerprint density at radius 2 is 1.33 bits per heavy atom. The molecule has 5 aromatic rings. The predicted molar refractivity (Wildman–Crippen MR) is 111 cm³/mol. The first-order chi connectivity index (χ1) is 13.3. The second kappa shape index (κ2) is 7.67. The molecule has 0 unspecified atom stereocenters. The number of rotatable bonds is 1. The number of fused-ring (bicyclic) bond motifs is 2. The zero-order chi connectivity index (χ0) is 18.5. The number of aromatic hydroxyl groups is 1. The number of hydrogen-bond acceptors (Lipinski definition) is 3. The van der Waals surface area contributed by atoms with Crippen molar-refractivity contribution in [3.05, 3.63) is 103 Å². The Balaban J connectivity index is 0.000000143. The van der Waals surface area contributed by atoms with E-state index in [1.807, 2.05) is 54.6 Å². The molecule has 27 heavy (non-hydrogen) atoms. The first kappa shape index (κ1) is 16.7. The smallest absolute Gasteiger partial charge is 0.141 e. The molecule has 2 aromatic heterocycles. The second-order valence-electron chi connectivity index (χ2n) is 6.11. The first-order valence-corrected chi connectivity index (χ1v) is 8.75. The van der Waals surface area contributed by atoms with Gasteiger partial charge in [0.1, 0.15) is 11.3 Å². The molecule has 0 aliphatic rings. The number of phenols is 1. The zero-order valence-corrected chi connectivity index (χ0v) is 14.7. The number of nitrogens with zero attached hydrogens (tertiary/aromatic N) is 2. The Morgan fingerprint density at radius 3 is 2.19 bits per heavy atom. The van der Waals surface area contributed by atoms with Crippen molar-refractivity contribution in [1.29, 1.82) is 0 Å². The minimum Gasteiger partial charge on any atom is -0.506 e. The number of phenolic OH excluding ortho intramolecular Hbond substituents is 1. The molecule has 0 radical (unpaired) electrons. The summed E-state index contributed by atoms with van der Waals surface area (Å²) in [4.78, 5) is 8.68. The summed E-state index contributed by atoms with van der Waals surface area (Å²) < 4.78 is 0. The van der Waals surface area contributed by atoms with Crippen molar-refractivity contribution in [3.8, 4) is 17.0 Å². The lowest BCUT2D eigenvalue weighted by Gasteiger charge is -2.02. The van der Waals surface area contributed by atoms with Crippen molar-refractivity contribution in [3.63, 3.8) is 0 Å². The molecule has 2 heterocycles. The predicted octanol–water partition coefficient (Wildman–Crippen LogP) is 5.84. The van der Waals surface area contributed by atoms with Gasteiger partial charge in [0, 0.05) is 22.5 Å². The highest BCUT2D eigenvalue weighted by Crippen LogP contribution is 2.21. The molecular formula is C24H18N2O. The third kappa shape index (κ3) is 3.77. The highest BCUT2D eigenvalue weighted by molar-refractivity contribution is 5.83. The van der Waals surface area contributed by atoms with Crippen LogP contribution in [-0.2, 0) is 0 Å². The molecule has 0 amide bonds. The lowest BCUT2D eigenvalue weighted by Crippen LogP contribution is -1.84. The van der Waals surface area contributed by atoms with Crippen LogP contribution in [0.25, 0.3) is 33.1 Å². The van der Waals surface area contributed by atoms with Gasteiger partial charge in [0.25, 0.3) is 0 Å². The van der Waals surface area contributed by atoms with Crippen LogP contribution in [0.3, 0.4) is 0 Å². The van der Waals surface area contributed by atoms with E-state index in [4.69, 9.17) is 0 Å². The second-order valence-corrected chi connectivity index (χ2v) is 6.11. The molecule has 0 saturated heterocycles. The highest BCUT2D eigenvalue weighted by atomic mass is 16.3. The number of benzene rings is 3. The van der Waals surface area contributed by atoms with E-state index in [0.29, 0.717) is 5.52 Å². The van der Waals surface area contributed by atoms with Crippen LogP contribution >= 0.6 is 0 Å². The zero-order valence-electron chi connectivity index (χ0n) is 14.7. The lowest BCUT2D eigenvalue weighted by molar-refractivity contribution is 0.480. The molecule has 0 saturated carbocycles. The quantitative estimate of drug-likeness (QED) is 0.413. The summed E-state index contributed by atoms with van der Waals surface area (Å²) in [5.41, 5.74) is 3.89. The molecule has 5 rings (SSSR count). The number of aromatic nitrogens is 2. The van der Waals surface area contributed by atoms with E-state index < -0.39 is 0 Å². The maximum absolute atomic E-state index is 9.31. The monoisotopic (exact) mass is 350 g/mol. The van der Waals surface area contributed by atoms with E-state index in [0.717, 1.165) is 22.2 Å². The minimum atomic E-state index is 0.239. The number of hydrogen-bond donors (Lipinski definition) is 1. The van der Waals surface area contributed by atoms with E-state index >= 15 is 0 Å². The van der Waals surface area contributed by atoms with E-state index in [1.165, 1.54) is 5.39 Å².